The summed E-state index contributed by atoms with van der Waals surface area (Å²) in [6, 6.07) is 11.7. The van der Waals surface area contributed by atoms with Gasteiger partial charge in [-0.25, -0.2) is 9.37 Å². The SMILES string of the molecule is CCCN1CCC(COc2ccc(Nc3nc(Nc4cccc(F)c4C(N)=O)c4cc[nH]c4[nH+]3)c(OC)c2)CC1. The molecule has 1 saturated heterocycles. The number of rotatable bonds is 11. The fraction of sp³-hybridized carbons (Fsp3) is 0.345. The van der Waals surface area contributed by atoms with Gasteiger partial charge in [0, 0.05) is 12.3 Å². The standard InChI is InChI=1S/C29H34FN7O3/c1-3-13-37-14-10-18(11-15-37)17-40-19-7-8-22(24(16-19)39-2)34-29-35-27-20(9-12-32-27)28(36-29)33-23-6-4-5-21(30)25(23)26(31)38/h4-9,12,16,18H,3,10-11,13-15,17H2,1-2H3,(H2,31,38)(H3,32,33,34,35,36)/p+1. The third-order valence-electron chi connectivity index (χ3n) is 7.14. The van der Waals surface area contributed by atoms with Crippen LogP contribution in [0.1, 0.15) is 36.5 Å². The average Bonchev–Trinajstić information content (AvgIpc) is 3.42. The maximum absolute atomic E-state index is 14.3. The minimum absolute atomic E-state index is 0.217. The Morgan fingerprint density at radius 1 is 1.20 bits per heavy atom. The van der Waals surface area contributed by atoms with Crippen LogP contribution in [0.3, 0.4) is 0 Å². The second kappa shape index (κ2) is 12.2. The number of carbonyl (C=O) groups is 1. The number of nitrogens with zero attached hydrogens (tertiary/aromatic N) is 2. The van der Waals surface area contributed by atoms with Crippen molar-refractivity contribution >= 4 is 40.1 Å². The van der Waals surface area contributed by atoms with Crippen molar-refractivity contribution in [2.24, 2.45) is 11.7 Å². The Morgan fingerprint density at radius 3 is 2.77 bits per heavy atom. The Bertz CT molecular complexity index is 1480. The van der Waals surface area contributed by atoms with Crippen molar-refractivity contribution in [1.82, 2.24) is 14.9 Å². The lowest BCUT2D eigenvalue weighted by Gasteiger charge is -2.31. The molecule has 1 fully saturated rings. The summed E-state index contributed by atoms with van der Waals surface area (Å²) in [6.07, 6.45) is 5.23. The van der Waals surface area contributed by atoms with Crippen LogP contribution >= 0.6 is 0 Å². The van der Waals surface area contributed by atoms with Crippen molar-refractivity contribution in [1.29, 1.82) is 0 Å². The van der Waals surface area contributed by atoms with E-state index < -0.39 is 11.7 Å². The summed E-state index contributed by atoms with van der Waals surface area (Å²) in [4.78, 5) is 25.4. The van der Waals surface area contributed by atoms with Gasteiger partial charge in [0.05, 0.1) is 30.4 Å². The molecule has 11 heteroatoms. The van der Waals surface area contributed by atoms with Crippen LogP contribution in [-0.2, 0) is 0 Å². The van der Waals surface area contributed by atoms with Crippen LogP contribution in [0.2, 0.25) is 0 Å². The number of benzene rings is 2. The van der Waals surface area contributed by atoms with Crippen LogP contribution in [0.15, 0.2) is 48.7 Å². The first-order valence-electron chi connectivity index (χ1n) is 13.5. The van der Waals surface area contributed by atoms with Crippen molar-refractivity contribution in [3.05, 3.63) is 60.0 Å². The number of hydrogen-bond donors (Lipinski definition) is 4. The van der Waals surface area contributed by atoms with Gasteiger partial charge in [0.2, 0.25) is 11.5 Å². The number of ether oxygens (including phenoxy) is 2. The molecular weight excluding hydrogens is 513 g/mol. The van der Waals surface area contributed by atoms with Crippen LogP contribution in [-0.4, -0.2) is 54.1 Å². The Hall–Kier alpha value is -4.38. The Morgan fingerprint density at radius 2 is 2.02 bits per heavy atom. The lowest BCUT2D eigenvalue weighted by atomic mass is 9.98. The normalized spacial score (nSPS) is 14.3. The van der Waals surface area contributed by atoms with E-state index >= 15 is 0 Å². The lowest BCUT2D eigenvalue weighted by molar-refractivity contribution is -0.333. The molecule has 40 heavy (non-hydrogen) atoms. The van der Waals surface area contributed by atoms with Gasteiger partial charge >= 0.3 is 5.95 Å². The van der Waals surface area contributed by atoms with Gasteiger partial charge in [0.25, 0.3) is 5.91 Å². The number of amides is 1. The molecule has 1 aliphatic rings. The van der Waals surface area contributed by atoms with Gasteiger partial charge in [-0.05, 0) is 75.1 Å². The van der Waals surface area contributed by atoms with Crippen molar-refractivity contribution in [2.75, 3.05) is 44.0 Å². The topological polar surface area (TPSA) is 132 Å². The highest BCUT2D eigenvalue weighted by atomic mass is 19.1. The number of likely N-dealkylation sites (tertiary alicyclic amines) is 1. The molecule has 210 valence electrons. The van der Waals surface area contributed by atoms with E-state index in [2.05, 4.69) is 37.4 Å². The third-order valence-corrected chi connectivity index (χ3v) is 7.14. The van der Waals surface area contributed by atoms with Gasteiger partial charge in [0.1, 0.15) is 17.3 Å². The molecule has 1 aliphatic heterocycles. The summed E-state index contributed by atoms with van der Waals surface area (Å²) in [7, 11) is 1.60. The number of nitrogens with two attached hydrogens (primary N) is 1. The molecule has 2 aromatic carbocycles. The number of hydrogen-bond acceptors (Lipinski definition) is 7. The van der Waals surface area contributed by atoms with Crippen molar-refractivity contribution in [3.63, 3.8) is 0 Å². The highest BCUT2D eigenvalue weighted by Gasteiger charge is 2.21. The van der Waals surface area contributed by atoms with E-state index in [0.717, 1.165) is 31.7 Å². The molecule has 0 atom stereocenters. The summed E-state index contributed by atoms with van der Waals surface area (Å²) in [5.74, 6) is 1.07. The molecule has 0 radical (unpaired) electrons. The average molecular weight is 549 g/mol. The molecule has 0 spiro atoms. The number of carbonyl (C=O) groups excluding carboxylic acids is 1. The van der Waals surface area contributed by atoms with E-state index in [9.17, 15) is 9.18 Å². The van der Waals surface area contributed by atoms with Gasteiger partial charge in [0.15, 0.2) is 5.75 Å². The molecule has 10 nitrogen and oxygen atoms in total. The maximum Gasteiger partial charge on any atom is 0.351 e. The first-order valence-corrected chi connectivity index (χ1v) is 13.5. The number of halogens is 1. The Labute approximate surface area is 232 Å². The quantitative estimate of drug-likeness (QED) is 0.215. The number of primary amides is 1. The number of anilines is 4. The minimum atomic E-state index is -0.874. The number of aromatic nitrogens is 3. The van der Waals surface area contributed by atoms with Crippen LogP contribution in [0, 0.1) is 11.7 Å². The smallest absolute Gasteiger partial charge is 0.351 e. The Kier molecular flexibility index (Phi) is 8.30. The number of nitrogens with one attached hydrogen (secondary N) is 4. The first kappa shape index (κ1) is 27.2. The van der Waals surface area contributed by atoms with Crippen LogP contribution < -0.4 is 30.8 Å². The molecule has 4 aromatic rings. The largest absolute Gasteiger partial charge is 0.493 e. The number of methoxy groups -OCH3 is 1. The number of aromatic amines is 2. The Balaban J connectivity index is 1.32. The van der Waals surface area contributed by atoms with Gasteiger partial charge < -0.3 is 25.4 Å². The highest BCUT2D eigenvalue weighted by Crippen LogP contribution is 2.32. The highest BCUT2D eigenvalue weighted by molar-refractivity contribution is 6.00. The monoisotopic (exact) mass is 548 g/mol. The molecule has 2 aromatic heterocycles. The molecule has 0 saturated carbocycles. The number of H-pyrrole nitrogens is 2. The summed E-state index contributed by atoms with van der Waals surface area (Å²) in [5.41, 5.74) is 6.75. The second-order valence-corrected chi connectivity index (χ2v) is 9.94. The molecular formula is C29H35FN7O3+. The van der Waals surface area contributed by atoms with Crippen LogP contribution in [0.4, 0.5) is 27.5 Å². The lowest BCUT2D eigenvalue weighted by Crippen LogP contribution is -2.35. The predicted molar refractivity (Wildman–Crippen MR) is 152 cm³/mol. The molecule has 3 heterocycles. The summed E-state index contributed by atoms with van der Waals surface area (Å²) >= 11 is 0. The van der Waals surface area contributed by atoms with E-state index in [1.807, 2.05) is 24.3 Å². The zero-order valence-electron chi connectivity index (χ0n) is 22.7. The third kappa shape index (κ3) is 6.09. The molecule has 0 aliphatic carbocycles. The van der Waals surface area contributed by atoms with Gasteiger partial charge in [-0.3, -0.25) is 15.1 Å². The molecule has 5 rings (SSSR count). The fourth-order valence-electron chi connectivity index (χ4n) is 5.05. The number of fused-ring (bicyclic) bond motifs is 1. The van der Waals surface area contributed by atoms with E-state index in [0.29, 0.717) is 46.8 Å². The summed E-state index contributed by atoms with van der Waals surface area (Å²) in [6.45, 7) is 6.32. The van der Waals surface area contributed by atoms with Crippen molar-refractivity contribution in [2.45, 2.75) is 26.2 Å². The van der Waals surface area contributed by atoms with E-state index in [-0.39, 0.29) is 11.3 Å². The van der Waals surface area contributed by atoms with Crippen LogP contribution in [0.5, 0.6) is 11.5 Å². The second-order valence-electron chi connectivity index (χ2n) is 9.94. The first-order chi connectivity index (χ1) is 19.4. The van der Waals surface area contributed by atoms with Gasteiger partial charge in [-0.15, -0.1) is 0 Å². The minimum Gasteiger partial charge on any atom is -0.493 e. The summed E-state index contributed by atoms with van der Waals surface area (Å²) in [5, 5.41) is 7.02. The van der Waals surface area contributed by atoms with Gasteiger partial charge in [-0.1, -0.05) is 18.0 Å². The van der Waals surface area contributed by atoms with E-state index in [1.54, 1.807) is 19.4 Å². The molecule has 1 amide bonds. The molecule has 6 N–H and O–H groups in total. The predicted octanol–water partition coefficient (Wildman–Crippen LogP) is 4.61. The van der Waals surface area contributed by atoms with Crippen LogP contribution in [0.25, 0.3) is 11.0 Å². The molecule has 0 bridgehead atoms. The zero-order valence-corrected chi connectivity index (χ0v) is 22.7. The number of piperidine rings is 1. The van der Waals surface area contributed by atoms with E-state index in [4.69, 9.17) is 15.2 Å². The van der Waals surface area contributed by atoms with Gasteiger partial charge in [-0.2, -0.15) is 0 Å². The zero-order chi connectivity index (χ0) is 28.1. The fourth-order valence-corrected chi connectivity index (χ4v) is 5.05. The van der Waals surface area contributed by atoms with Crippen molar-refractivity contribution in [3.8, 4) is 11.5 Å². The van der Waals surface area contributed by atoms with E-state index in [1.165, 1.54) is 25.1 Å². The maximum atomic E-state index is 14.3. The van der Waals surface area contributed by atoms with Crippen molar-refractivity contribution < 1.29 is 23.6 Å². The molecule has 0 unspecified atom stereocenters. The summed E-state index contributed by atoms with van der Waals surface area (Å²) < 4.78 is 26.1.